The largest absolute Gasteiger partial charge is 0.463 e. The molecule has 1 atom stereocenters. The smallest absolute Gasteiger partial charge is 0.338 e. The third kappa shape index (κ3) is 4.81. The summed E-state index contributed by atoms with van der Waals surface area (Å²) in [6, 6.07) is 7.82. The molecule has 4 aromatic rings. The predicted octanol–water partition coefficient (Wildman–Crippen LogP) is 4.50. The lowest BCUT2D eigenvalue weighted by Crippen LogP contribution is -2.40. The Balaban J connectivity index is 1.73. The fourth-order valence-electron chi connectivity index (χ4n) is 5.39. The summed E-state index contributed by atoms with van der Waals surface area (Å²) in [5.74, 6) is 0.425. The SMILES string of the molecule is CCOC(=O)C1=C(C)N=c2s/c(=C/c3cc(C)n(-c4oc(C)c(C)c4C#N)c3C)c(=O)n2[C@@H]1c1ccc(C)c([N+](=O)[O-])c1. The third-order valence-corrected chi connectivity index (χ3v) is 8.68. The minimum atomic E-state index is -0.976. The number of nitriles is 1. The van der Waals surface area contributed by atoms with Crippen LogP contribution in [-0.2, 0) is 9.53 Å². The Morgan fingerprint density at radius 2 is 1.95 bits per heavy atom. The van der Waals surface area contributed by atoms with Crippen molar-refractivity contribution in [3.05, 3.63) is 110 Å². The Bertz CT molecular complexity index is 2100. The minimum Gasteiger partial charge on any atom is -0.463 e. The molecule has 4 heterocycles. The zero-order valence-corrected chi connectivity index (χ0v) is 25.6. The number of esters is 1. The first kappa shape index (κ1) is 29.5. The number of nitrogens with zero attached hydrogens (tertiary/aromatic N) is 5. The molecule has 0 bridgehead atoms. The van der Waals surface area contributed by atoms with Gasteiger partial charge in [0, 0.05) is 28.6 Å². The van der Waals surface area contributed by atoms with Gasteiger partial charge in [-0.25, -0.2) is 9.79 Å². The number of hydrogen-bond acceptors (Lipinski definition) is 9. The van der Waals surface area contributed by atoms with Crippen LogP contribution in [0.25, 0.3) is 12.0 Å². The zero-order valence-electron chi connectivity index (χ0n) is 24.8. The minimum absolute atomic E-state index is 0.110. The van der Waals surface area contributed by atoms with E-state index in [-0.39, 0.29) is 17.9 Å². The molecule has 0 aliphatic carbocycles. The standard InChI is InChI=1S/C31H29N5O6S/c1-8-41-30(38)26-18(5)33-31-35(27(26)21-10-9-15(2)24(12-21)36(39)40)28(37)25(43-31)13-22-11-16(3)34(19(22)6)29-23(14-32)17(4)20(7)42-29/h9-13,27H,8H2,1-7H3/b25-13+/t27-/m1/s1. The Kier molecular flexibility index (Phi) is 7.54. The molecule has 12 heteroatoms. The van der Waals surface area contributed by atoms with E-state index in [1.807, 2.05) is 31.4 Å². The van der Waals surface area contributed by atoms with E-state index in [4.69, 9.17) is 9.15 Å². The quantitative estimate of drug-likeness (QED) is 0.180. The van der Waals surface area contributed by atoms with Crippen molar-refractivity contribution < 1.29 is 18.9 Å². The molecular formula is C31H29N5O6S. The van der Waals surface area contributed by atoms with E-state index in [9.17, 15) is 25.0 Å². The first-order valence-corrected chi connectivity index (χ1v) is 14.3. The zero-order chi connectivity index (χ0) is 31.3. The number of allylic oxidation sites excluding steroid dienone is 1. The van der Waals surface area contributed by atoms with Crippen molar-refractivity contribution >= 4 is 29.1 Å². The number of rotatable bonds is 6. The summed E-state index contributed by atoms with van der Waals surface area (Å²) in [5, 5.41) is 21.5. The lowest BCUT2D eigenvalue weighted by Gasteiger charge is -2.24. The molecule has 0 saturated heterocycles. The molecule has 220 valence electrons. The number of aryl methyl sites for hydroxylation is 3. The monoisotopic (exact) mass is 599 g/mol. The Morgan fingerprint density at radius 1 is 1.23 bits per heavy atom. The first-order chi connectivity index (χ1) is 20.4. The molecule has 0 fully saturated rings. The molecule has 1 aliphatic rings. The third-order valence-electron chi connectivity index (χ3n) is 7.70. The van der Waals surface area contributed by atoms with Crippen molar-refractivity contribution in [3.63, 3.8) is 0 Å². The maximum Gasteiger partial charge on any atom is 0.338 e. The van der Waals surface area contributed by atoms with E-state index in [1.54, 1.807) is 45.9 Å². The lowest BCUT2D eigenvalue weighted by atomic mass is 9.94. The number of benzene rings is 1. The van der Waals surface area contributed by atoms with E-state index in [1.165, 1.54) is 10.6 Å². The van der Waals surface area contributed by atoms with Gasteiger partial charge in [-0.05, 0) is 71.7 Å². The molecule has 0 N–H and O–H groups in total. The van der Waals surface area contributed by atoms with E-state index in [0.29, 0.717) is 43.4 Å². The number of nitro groups is 1. The molecule has 11 nitrogen and oxygen atoms in total. The van der Waals surface area contributed by atoms with Crippen LogP contribution in [0.15, 0.2) is 49.7 Å². The molecule has 0 amide bonds. The summed E-state index contributed by atoms with van der Waals surface area (Å²) in [7, 11) is 0. The topological polar surface area (TPSA) is 146 Å². The number of hydrogen-bond donors (Lipinski definition) is 0. The average molecular weight is 600 g/mol. The Morgan fingerprint density at radius 3 is 2.60 bits per heavy atom. The van der Waals surface area contributed by atoms with Crippen LogP contribution in [0.3, 0.4) is 0 Å². The van der Waals surface area contributed by atoms with Gasteiger partial charge in [-0.1, -0.05) is 23.5 Å². The molecule has 5 rings (SSSR count). The van der Waals surface area contributed by atoms with Gasteiger partial charge in [-0.3, -0.25) is 24.0 Å². The van der Waals surface area contributed by atoms with Gasteiger partial charge >= 0.3 is 5.97 Å². The van der Waals surface area contributed by atoms with E-state index in [0.717, 1.165) is 33.9 Å². The predicted molar refractivity (Wildman–Crippen MR) is 160 cm³/mol. The number of thiazole rings is 1. The van der Waals surface area contributed by atoms with Crippen LogP contribution >= 0.6 is 11.3 Å². The number of carbonyl (C=O) groups is 1. The summed E-state index contributed by atoms with van der Waals surface area (Å²) in [6.07, 6.45) is 1.75. The van der Waals surface area contributed by atoms with Gasteiger partial charge in [0.05, 0.1) is 33.4 Å². The number of carbonyl (C=O) groups excluding carboxylic acids is 1. The first-order valence-electron chi connectivity index (χ1n) is 13.5. The average Bonchev–Trinajstić information content (AvgIpc) is 3.52. The number of aromatic nitrogens is 2. The summed E-state index contributed by atoms with van der Waals surface area (Å²) < 4.78 is 14.9. The molecule has 0 spiro atoms. The van der Waals surface area contributed by atoms with Gasteiger partial charge in [-0.15, -0.1) is 0 Å². The summed E-state index contributed by atoms with van der Waals surface area (Å²) >= 11 is 1.16. The van der Waals surface area contributed by atoms with E-state index < -0.39 is 22.5 Å². The molecule has 0 radical (unpaired) electrons. The van der Waals surface area contributed by atoms with Gasteiger partial charge in [0.15, 0.2) is 4.80 Å². The van der Waals surface area contributed by atoms with Crippen molar-refractivity contribution in [2.45, 2.75) is 54.5 Å². The Hall–Kier alpha value is -5.02. The summed E-state index contributed by atoms with van der Waals surface area (Å²) in [6.45, 7) is 12.5. The second-order valence-corrected chi connectivity index (χ2v) is 11.4. The fourth-order valence-corrected chi connectivity index (χ4v) is 6.42. The number of ether oxygens (including phenoxy) is 1. The molecule has 0 unspecified atom stereocenters. The van der Waals surface area contributed by atoms with E-state index in [2.05, 4.69) is 11.1 Å². The van der Waals surface area contributed by atoms with Crippen LogP contribution in [-0.4, -0.2) is 26.6 Å². The highest BCUT2D eigenvalue weighted by Gasteiger charge is 2.34. The van der Waals surface area contributed by atoms with Crippen LogP contribution in [0.2, 0.25) is 0 Å². The van der Waals surface area contributed by atoms with Crippen molar-refractivity contribution in [2.24, 2.45) is 4.99 Å². The molecule has 1 aromatic carbocycles. The fraction of sp³-hybridized carbons (Fsp3) is 0.290. The molecule has 3 aromatic heterocycles. The van der Waals surface area contributed by atoms with Crippen molar-refractivity contribution in [3.8, 4) is 12.0 Å². The summed E-state index contributed by atoms with van der Waals surface area (Å²) in [4.78, 5) is 43.4. The lowest BCUT2D eigenvalue weighted by molar-refractivity contribution is -0.385. The van der Waals surface area contributed by atoms with Gasteiger partial charge in [0.1, 0.15) is 17.4 Å². The highest BCUT2D eigenvalue weighted by atomic mass is 32.1. The van der Waals surface area contributed by atoms with Crippen LogP contribution < -0.4 is 14.9 Å². The highest BCUT2D eigenvalue weighted by molar-refractivity contribution is 7.07. The molecule has 0 saturated carbocycles. The highest BCUT2D eigenvalue weighted by Crippen LogP contribution is 2.34. The molecule has 43 heavy (non-hydrogen) atoms. The molecule has 1 aliphatic heterocycles. The van der Waals surface area contributed by atoms with Crippen molar-refractivity contribution in [1.29, 1.82) is 5.26 Å². The molecular weight excluding hydrogens is 570 g/mol. The second-order valence-electron chi connectivity index (χ2n) is 10.3. The maximum atomic E-state index is 14.0. The van der Waals surface area contributed by atoms with Gasteiger partial charge in [0.2, 0.25) is 5.88 Å². The number of fused-ring (bicyclic) bond motifs is 1. The Labute approximate surface area is 250 Å². The second kappa shape index (κ2) is 11.0. The number of nitro benzene ring substituents is 1. The van der Waals surface area contributed by atoms with Crippen LogP contribution in [0, 0.1) is 56.1 Å². The van der Waals surface area contributed by atoms with Crippen molar-refractivity contribution in [1.82, 2.24) is 9.13 Å². The van der Waals surface area contributed by atoms with Gasteiger partial charge in [-0.2, -0.15) is 5.26 Å². The van der Waals surface area contributed by atoms with Gasteiger partial charge in [0.25, 0.3) is 11.2 Å². The van der Waals surface area contributed by atoms with Crippen LogP contribution in [0.5, 0.6) is 0 Å². The normalized spacial score (nSPS) is 14.8. The van der Waals surface area contributed by atoms with Crippen LogP contribution in [0.4, 0.5) is 5.69 Å². The summed E-state index contributed by atoms with van der Waals surface area (Å²) in [5.41, 5.74) is 4.36. The van der Waals surface area contributed by atoms with E-state index >= 15 is 0 Å². The van der Waals surface area contributed by atoms with Gasteiger partial charge < -0.3 is 9.15 Å². The van der Waals surface area contributed by atoms with Crippen molar-refractivity contribution in [2.75, 3.05) is 6.61 Å². The van der Waals surface area contributed by atoms with Crippen LogP contribution in [0.1, 0.15) is 64.9 Å². The maximum absolute atomic E-state index is 14.0. The number of furan rings is 1.